The van der Waals surface area contributed by atoms with Crippen LogP contribution in [-0.2, 0) is 17.8 Å². The average molecular weight is 469 g/mol. The Kier molecular flexibility index (Phi) is 7.44. The van der Waals surface area contributed by atoms with E-state index < -0.39 is 6.61 Å². The number of methoxy groups -OCH3 is 1. The van der Waals surface area contributed by atoms with E-state index in [2.05, 4.69) is 25.6 Å². The topological polar surface area (TPSA) is 42.0 Å². The van der Waals surface area contributed by atoms with Gasteiger partial charge in [-0.15, -0.1) is 0 Å². The molecular formula is C21H23BrF2N2O3. The third-order valence-corrected chi connectivity index (χ3v) is 5.34. The molecule has 5 nitrogen and oxygen atoms in total. The van der Waals surface area contributed by atoms with Crippen LogP contribution in [0.4, 0.5) is 8.78 Å². The van der Waals surface area contributed by atoms with Crippen LogP contribution in [0, 0.1) is 0 Å². The van der Waals surface area contributed by atoms with Crippen molar-refractivity contribution in [1.82, 2.24) is 9.80 Å². The minimum Gasteiger partial charge on any atom is -0.497 e. The molecule has 1 saturated heterocycles. The molecule has 0 radical (unpaired) electrons. The lowest BCUT2D eigenvalue weighted by molar-refractivity contribution is -0.132. The average Bonchev–Trinajstić information content (AvgIpc) is 2.70. The zero-order chi connectivity index (χ0) is 20.8. The Morgan fingerprint density at radius 2 is 1.90 bits per heavy atom. The van der Waals surface area contributed by atoms with Gasteiger partial charge >= 0.3 is 6.61 Å². The number of piperazine rings is 1. The number of benzene rings is 2. The molecule has 0 atom stereocenters. The number of ether oxygens (including phenoxy) is 2. The fraction of sp³-hybridized carbons (Fsp3) is 0.381. The second-order valence-electron chi connectivity index (χ2n) is 6.82. The SMILES string of the molecule is COc1cccc(CC(=O)N2CCN(Cc3cc(Br)ccc3OC(F)F)CC2)c1. The van der Waals surface area contributed by atoms with Crippen LogP contribution >= 0.6 is 15.9 Å². The van der Waals surface area contributed by atoms with Crippen molar-refractivity contribution in [3.8, 4) is 11.5 Å². The number of carbonyl (C=O) groups excluding carboxylic acids is 1. The lowest BCUT2D eigenvalue weighted by atomic mass is 10.1. The Bertz CT molecular complexity index is 842. The van der Waals surface area contributed by atoms with Crippen molar-refractivity contribution in [3.63, 3.8) is 0 Å². The number of hydrogen-bond acceptors (Lipinski definition) is 4. The summed E-state index contributed by atoms with van der Waals surface area (Å²) in [5.41, 5.74) is 1.61. The Balaban J connectivity index is 1.55. The van der Waals surface area contributed by atoms with E-state index in [4.69, 9.17) is 4.74 Å². The summed E-state index contributed by atoms with van der Waals surface area (Å²) in [5.74, 6) is 0.984. The molecule has 29 heavy (non-hydrogen) atoms. The Morgan fingerprint density at radius 3 is 2.59 bits per heavy atom. The second kappa shape index (κ2) is 10.0. The molecule has 2 aromatic rings. The molecule has 1 amide bonds. The highest BCUT2D eigenvalue weighted by Gasteiger charge is 2.22. The van der Waals surface area contributed by atoms with Crippen molar-refractivity contribution in [1.29, 1.82) is 0 Å². The molecular weight excluding hydrogens is 446 g/mol. The molecule has 2 aromatic carbocycles. The van der Waals surface area contributed by atoms with Crippen LogP contribution in [0.25, 0.3) is 0 Å². The Hall–Kier alpha value is -2.19. The number of hydrogen-bond donors (Lipinski definition) is 0. The summed E-state index contributed by atoms with van der Waals surface area (Å²) in [6, 6.07) is 12.5. The van der Waals surface area contributed by atoms with Crippen LogP contribution in [-0.4, -0.2) is 55.6 Å². The molecule has 1 aliphatic heterocycles. The van der Waals surface area contributed by atoms with E-state index in [0.717, 1.165) is 15.8 Å². The standard InChI is InChI=1S/C21H23BrF2N2O3/c1-28-18-4-2-3-15(11-18)12-20(27)26-9-7-25(8-10-26)14-16-13-17(22)5-6-19(16)29-21(23)24/h2-6,11,13,21H,7-10,12,14H2,1H3. The molecule has 156 valence electrons. The molecule has 8 heteroatoms. The van der Waals surface area contributed by atoms with Crippen molar-refractivity contribution in [2.75, 3.05) is 33.3 Å². The van der Waals surface area contributed by atoms with Gasteiger partial charge in [0.1, 0.15) is 11.5 Å². The normalized spacial score (nSPS) is 14.9. The van der Waals surface area contributed by atoms with Gasteiger partial charge in [0.2, 0.25) is 5.91 Å². The summed E-state index contributed by atoms with van der Waals surface area (Å²) in [6.07, 6.45) is 0.329. The highest BCUT2D eigenvalue weighted by molar-refractivity contribution is 9.10. The van der Waals surface area contributed by atoms with Crippen LogP contribution in [0.2, 0.25) is 0 Å². The van der Waals surface area contributed by atoms with Crippen molar-refractivity contribution in [2.24, 2.45) is 0 Å². The monoisotopic (exact) mass is 468 g/mol. The number of carbonyl (C=O) groups is 1. The minimum atomic E-state index is -2.86. The number of amides is 1. The number of nitrogens with zero attached hydrogens (tertiary/aromatic N) is 2. The lowest BCUT2D eigenvalue weighted by Gasteiger charge is -2.35. The summed E-state index contributed by atoms with van der Waals surface area (Å²) in [6.45, 7) is 0.166. The molecule has 0 spiro atoms. The first-order valence-corrected chi connectivity index (χ1v) is 10.1. The molecule has 1 fully saturated rings. The smallest absolute Gasteiger partial charge is 0.387 e. The third kappa shape index (κ3) is 6.14. The van der Waals surface area contributed by atoms with Crippen molar-refractivity contribution < 1.29 is 23.0 Å². The van der Waals surface area contributed by atoms with Crippen molar-refractivity contribution >= 4 is 21.8 Å². The maximum atomic E-state index is 12.6. The van der Waals surface area contributed by atoms with E-state index in [1.807, 2.05) is 29.2 Å². The zero-order valence-electron chi connectivity index (χ0n) is 16.1. The Labute approximate surface area is 177 Å². The molecule has 3 rings (SSSR count). The van der Waals surface area contributed by atoms with E-state index in [9.17, 15) is 13.6 Å². The van der Waals surface area contributed by atoms with Gasteiger partial charge in [0.15, 0.2) is 0 Å². The second-order valence-corrected chi connectivity index (χ2v) is 7.73. The maximum absolute atomic E-state index is 12.6. The predicted molar refractivity (Wildman–Crippen MR) is 109 cm³/mol. The summed E-state index contributed by atoms with van der Waals surface area (Å²) < 4.78 is 35.9. The highest BCUT2D eigenvalue weighted by atomic mass is 79.9. The number of halogens is 3. The van der Waals surface area contributed by atoms with Gasteiger partial charge in [0, 0.05) is 42.8 Å². The summed E-state index contributed by atoms with van der Waals surface area (Å²) >= 11 is 3.37. The first-order chi connectivity index (χ1) is 13.9. The van der Waals surface area contributed by atoms with E-state index in [1.54, 1.807) is 25.3 Å². The number of alkyl halides is 2. The fourth-order valence-electron chi connectivity index (χ4n) is 3.35. The first-order valence-electron chi connectivity index (χ1n) is 9.31. The van der Waals surface area contributed by atoms with Gasteiger partial charge in [-0.05, 0) is 35.9 Å². The van der Waals surface area contributed by atoms with E-state index in [1.165, 1.54) is 0 Å². The van der Waals surface area contributed by atoms with Gasteiger partial charge in [0.25, 0.3) is 0 Å². The zero-order valence-corrected chi connectivity index (χ0v) is 17.7. The molecule has 1 heterocycles. The van der Waals surface area contributed by atoms with Gasteiger partial charge in [-0.3, -0.25) is 9.69 Å². The summed E-state index contributed by atoms with van der Waals surface area (Å²) in [5, 5.41) is 0. The predicted octanol–water partition coefficient (Wildman–Crippen LogP) is 3.95. The van der Waals surface area contributed by atoms with E-state index in [0.29, 0.717) is 44.7 Å². The van der Waals surface area contributed by atoms with Gasteiger partial charge in [-0.1, -0.05) is 28.1 Å². The fourth-order valence-corrected chi connectivity index (χ4v) is 3.76. The lowest BCUT2D eigenvalue weighted by Crippen LogP contribution is -2.48. The van der Waals surface area contributed by atoms with Crippen LogP contribution in [0.1, 0.15) is 11.1 Å². The van der Waals surface area contributed by atoms with Crippen LogP contribution in [0.15, 0.2) is 46.9 Å². The molecule has 0 saturated carbocycles. The van der Waals surface area contributed by atoms with Crippen LogP contribution in [0.5, 0.6) is 11.5 Å². The van der Waals surface area contributed by atoms with Gasteiger partial charge < -0.3 is 14.4 Å². The highest BCUT2D eigenvalue weighted by Crippen LogP contribution is 2.26. The molecule has 0 bridgehead atoms. The molecule has 0 unspecified atom stereocenters. The number of rotatable bonds is 7. The quantitative estimate of drug-likeness (QED) is 0.616. The molecule has 1 aliphatic rings. The minimum absolute atomic E-state index is 0.0714. The van der Waals surface area contributed by atoms with Crippen LogP contribution in [0.3, 0.4) is 0 Å². The Morgan fingerprint density at radius 1 is 1.14 bits per heavy atom. The van der Waals surface area contributed by atoms with Gasteiger partial charge in [-0.2, -0.15) is 8.78 Å². The molecule has 0 N–H and O–H groups in total. The molecule has 0 aromatic heterocycles. The molecule has 0 aliphatic carbocycles. The van der Waals surface area contributed by atoms with Crippen molar-refractivity contribution in [3.05, 3.63) is 58.1 Å². The maximum Gasteiger partial charge on any atom is 0.387 e. The third-order valence-electron chi connectivity index (χ3n) is 4.85. The largest absolute Gasteiger partial charge is 0.497 e. The van der Waals surface area contributed by atoms with E-state index >= 15 is 0 Å². The summed E-state index contributed by atoms with van der Waals surface area (Å²) in [4.78, 5) is 16.6. The van der Waals surface area contributed by atoms with Gasteiger partial charge in [-0.25, -0.2) is 0 Å². The van der Waals surface area contributed by atoms with Crippen molar-refractivity contribution in [2.45, 2.75) is 19.6 Å². The van der Waals surface area contributed by atoms with Crippen LogP contribution < -0.4 is 9.47 Å². The first kappa shape index (κ1) is 21.5. The van der Waals surface area contributed by atoms with E-state index in [-0.39, 0.29) is 11.7 Å². The summed E-state index contributed by atoms with van der Waals surface area (Å²) in [7, 11) is 1.60. The van der Waals surface area contributed by atoms with Gasteiger partial charge in [0.05, 0.1) is 13.5 Å².